The van der Waals surface area contributed by atoms with Crippen molar-refractivity contribution in [1.82, 2.24) is 14.7 Å². The molecule has 1 aromatic carbocycles. The minimum atomic E-state index is -0.293. The van der Waals surface area contributed by atoms with E-state index in [1.807, 2.05) is 37.7 Å². The molecule has 4 nitrogen and oxygen atoms in total. The molecule has 0 spiro atoms. The summed E-state index contributed by atoms with van der Waals surface area (Å²) in [5, 5.41) is 6.21. The van der Waals surface area contributed by atoms with Crippen LogP contribution in [0.5, 0.6) is 0 Å². The van der Waals surface area contributed by atoms with Crippen LogP contribution in [0.3, 0.4) is 0 Å². The third kappa shape index (κ3) is 2.43. The lowest BCUT2D eigenvalue weighted by molar-refractivity contribution is 0.0765. The Hall–Kier alpha value is -2.47. The fourth-order valence-corrected chi connectivity index (χ4v) is 4.01. The molecule has 3 aromatic rings. The van der Waals surface area contributed by atoms with Crippen LogP contribution in [0.1, 0.15) is 26.5 Å². The summed E-state index contributed by atoms with van der Waals surface area (Å²) < 4.78 is 16.3. The first-order chi connectivity index (χ1) is 11.5. The topological polar surface area (TPSA) is 38.1 Å². The summed E-state index contributed by atoms with van der Waals surface area (Å²) in [5.41, 5.74) is 3.87. The normalized spacial score (nSPS) is 13.6. The van der Waals surface area contributed by atoms with Crippen molar-refractivity contribution in [1.29, 1.82) is 0 Å². The zero-order chi connectivity index (χ0) is 16.8. The molecule has 0 N–H and O–H groups in total. The Bertz CT molecular complexity index is 944. The van der Waals surface area contributed by atoms with Gasteiger partial charge in [-0.15, -0.1) is 11.3 Å². The number of aromatic nitrogens is 2. The summed E-state index contributed by atoms with van der Waals surface area (Å²) in [5.74, 6) is -0.309. The minimum Gasteiger partial charge on any atom is -0.329 e. The first kappa shape index (κ1) is 15.1. The highest BCUT2D eigenvalue weighted by Gasteiger charge is 2.28. The highest BCUT2D eigenvalue weighted by Crippen LogP contribution is 2.30. The van der Waals surface area contributed by atoms with Crippen molar-refractivity contribution in [3.8, 4) is 11.1 Å². The van der Waals surface area contributed by atoms with Crippen LogP contribution >= 0.6 is 11.3 Å². The number of carbonyl (C=O) groups is 1. The predicted octanol–water partition coefficient (Wildman–Crippen LogP) is 3.75. The second kappa shape index (κ2) is 5.56. The first-order valence-electron chi connectivity index (χ1n) is 7.67. The Labute approximate surface area is 143 Å². The molecule has 0 fully saturated rings. The lowest BCUT2D eigenvalue weighted by Crippen LogP contribution is -2.23. The number of hydrogen-bond donors (Lipinski definition) is 0. The van der Waals surface area contributed by atoms with Crippen molar-refractivity contribution in [2.24, 2.45) is 7.05 Å². The molecule has 0 saturated heterocycles. The maximum atomic E-state index is 14.5. The van der Waals surface area contributed by atoms with Gasteiger partial charge >= 0.3 is 0 Å². The fraction of sp³-hybridized carbons (Fsp3) is 0.222. The van der Waals surface area contributed by atoms with Crippen molar-refractivity contribution in [3.05, 3.63) is 63.4 Å². The van der Waals surface area contributed by atoms with Gasteiger partial charge < -0.3 is 4.90 Å². The summed E-state index contributed by atoms with van der Waals surface area (Å²) >= 11 is 1.57. The molecule has 0 unspecified atom stereocenters. The quantitative estimate of drug-likeness (QED) is 0.728. The highest BCUT2D eigenvalue weighted by atomic mass is 32.1. The second-order valence-corrected chi connectivity index (χ2v) is 7.03. The molecular formula is C18H16FN3OS. The fourth-order valence-electron chi connectivity index (χ4n) is 3.13. The van der Waals surface area contributed by atoms with Crippen LogP contribution in [0.2, 0.25) is 0 Å². The number of carbonyl (C=O) groups excluding carboxylic acids is 1. The maximum absolute atomic E-state index is 14.5. The van der Waals surface area contributed by atoms with Crippen molar-refractivity contribution in [2.45, 2.75) is 20.0 Å². The van der Waals surface area contributed by atoms with E-state index in [4.69, 9.17) is 0 Å². The van der Waals surface area contributed by atoms with E-state index in [0.717, 1.165) is 27.3 Å². The van der Waals surface area contributed by atoms with Gasteiger partial charge in [-0.2, -0.15) is 5.10 Å². The van der Waals surface area contributed by atoms with E-state index in [0.29, 0.717) is 18.7 Å². The van der Waals surface area contributed by atoms with Gasteiger partial charge in [0.2, 0.25) is 0 Å². The first-order valence-corrected chi connectivity index (χ1v) is 8.55. The number of halogens is 1. The van der Waals surface area contributed by atoms with E-state index in [-0.39, 0.29) is 11.7 Å². The Morgan fingerprint density at radius 3 is 2.79 bits per heavy atom. The smallest absolute Gasteiger partial charge is 0.255 e. The number of amides is 1. The molecule has 24 heavy (non-hydrogen) atoms. The van der Waals surface area contributed by atoms with Gasteiger partial charge in [0.1, 0.15) is 5.82 Å². The molecule has 0 radical (unpaired) electrons. The van der Waals surface area contributed by atoms with Gasteiger partial charge in [0.15, 0.2) is 0 Å². The Balaban J connectivity index is 1.58. The SMILES string of the molecule is Cc1nn(C)cc1-c1ccc(CN2Cc3sccc3C2=O)c(F)c1. The number of hydrogen-bond acceptors (Lipinski definition) is 3. The van der Waals surface area contributed by atoms with Gasteiger partial charge in [-0.25, -0.2) is 4.39 Å². The van der Waals surface area contributed by atoms with Crippen LogP contribution in [0.15, 0.2) is 35.8 Å². The van der Waals surface area contributed by atoms with Crippen LogP contribution in [0.4, 0.5) is 4.39 Å². The number of benzene rings is 1. The second-order valence-electron chi connectivity index (χ2n) is 6.03. The monoisotopic (exact) mass is 341 g/mol. The molecule has 3 heterocycles. The molecule has 1 aliphatic heterocycles. The largest absolute Gasteiger partial charge is 0.329 e. The van der Waals surface area contributed by atoms with E-state index in [2.05, 4.69) is 5.10 Å². The third-order valence-corrected chi connectivity index (χ3v) is 5.24. The standard InChI is InChI=1S/C18H16FN3OS/c1-11-15(9-21(2)20-11)12-3-4-13(16(19)7-12)8-22-10-17-14(18(22)23)5-6-24-17/h3-7,9H,8,10H2,1-2H3. The maximum Gasteiger partial charge on any atom is 0.255 e. The number of rotatable bonds is 3. The molecule has 6 heteroatoms. The zero-order valence-electron chi connectivity index (χ0n) is 13.4. The Morgan fingerprint density at radius 2 is 2.12 bits per heavy atom. The predicted molar refractivity (Wildman–Crippen MR) is 91.2 cm³/mol. The van der Waals surface area contributed by atoms with Crippen LogP contribution in [-0.2, 0) is 20.1 Å². The lowest BCUT2D eigenvalue weighted by atomic mass is 10.0. The van der Waals surface area contributed by atoms with Gasteiger partial charge in [0, 0.05) is 35.8 Å². The van der Waals surface area contributed by atoms with Crippen molar-refractivity contribution < 1.29 is 9.18 Å². The molecule has 1 aliphatic rings. The van der Waals surface area contributed by atoms with Crippen LogP contribution in [-0.4, -0.2) is 20.6 Å². The lowest BCUT2D eigenvalue weighted by Gasteiger charge is -2.16. The Kier molecular flexibility index (Phi) is 3.49. The van der Waals surface area contributed by atoms with E-state index in [9.17, 15) is 9.18 Å². The molecule has 1 amide bonds. The number of thiophene rings is 1. The van der Waals surface area contributed by atoms with Crippen LogP contribution < -0.4 is 0 Å². The van der Waals surface area contributed by atoms with Crippen LogP contribution in [0.25, 0.3) is 11.1 Å². The average molecular weight is 341 g/mol. The third-order valence-electron chi connectivity index (χ3n) is 4.34. The van der Waals surface area contributed by atoms with Crippen molar-refractivity contribution in [2.75, 3.05) is 0 Å². The summed E-state index contributed by atoms with van der Waals surface area (Å²) in [6.45, 7) is 2.76. The molecule has 0 saturated carbocycles. The van der Waals surface area contributed by atoms with Crippen molar-refractivity contribution >= 4 is 17.2 Å². The number of fused-ring (bicyclic) bond motifs is 1. The summed E-state index contributed by atoms with van der Waals surface area (Å²) in [6.07, 6.45) is 1.88. The van der Waals surface area contributed by atoms with Gasteiger partial charge in [-0.1, -0.05) is 12.1 Å². The molecule has 2 aromatic heterocycles. The summed E-state index contributed by atoms with van der Waals surface area (Å²) in [4.78, 5) is 15.1. The minimum absolute atomic E-state index is 0.0159. The molecule has 122 valence electrons. The van der Waals surface area contributed by atoms with Crippen LogP contribution in [0, 0.1) is 12.7 Å². The summed E-state index contributed by atoms with van der Waals surface area (Å²) in [7, 11) is 1.85. The summed E-state index contributed by atoms with van der Waals surface area (Å²) in [6, 6.07) is 7.01. The van der Waals surface area contributed by atoms with Gasteiger partial charge in [-0.3, -0.25) is 9.48 Å². The molecular weight excluding hydrogens is 325 g/mol. The Morgan fingerprint density at radius 1 is 1.29 bits per heavy atom. The van der Waals surface area contributed by atoms with Gasteiger partial charge in [-0.05, 0) is 30.0 Å². The number of nitrogens with zero attached hydrogens (tertiary/aromatic N) is 3. The molecule has 0 bridgehead atoms. The molecule has 0 atom stereocenters. The van der Waals surface area contributed by atoms with Gasteiger partial charge in [0.25, 0.3) is 5.91 Å². The van der Waals surface area contributed by atoms with Gasteiger partial charge in [0.05, 0.1) is 17.8 Å². The molecule has 4 rings (SSSR count). The highest BCUT2D eigenvalue weighted by molar-refractivity contribution is 7.10. The van der Waals surface area contributed by atoms with E-state index in [1.54, 1.807) is 27.0 Å². The van der Waals surface area contributed by atoms with E-state index < -0.39 is 0 Å². The van der Waals surface area contributed by atoms with Crippen molar-refractivity contribution in [3.63, 3.8) is 0 Å². The van der Waals surface area contributed by atoms with E-state index >= 15 is 0 Å². The van der Waals surface area contributed by atoms with E-state index in [1.165, 1.54) is 6.07 Å². The molecule has 0 aliphatic carbocycles. The zero-order valence-corrected chi connectivity index (χ0v) is 14.2. The number of aryl methyl sites for hydroxylation is 2. The average Bonchev–Trinajstić information content (AvgIpc) is 3.20.